The first-order valence-electron chi connectivity index (χ1n) is 7.79. The highest BCUT2D eigenvalue weighted by Gasteiger charge is 2.49. The minimum absolute atomic E-state index is 0.291. The van der Waals surface area contributed by atoms with Gasteiger partial charge in [-0.05, 0) is 36.0 Å². The highest BCUT2D eigenvalue weighted by atomic mass is 127. The lowest BCUT2D eigenvalue weighted by Crippen LogP contribution is -2.39. The molecule has 3 atom stereocenters. The monoisotopic (exact) mass is 406 g/mol. The van der Waals surface area contributed by atoms with E-state index in [1.165, 1.54) is 36.1 Å². The average Bonchev–Trinajstić information content (AvgIpc) is 2.56. The van der Waals surface area contributed by atoms with Gasteiger partial charge in [-0.25, -0.2) is 0 Å². The number of hydrogen-bond donors (Lipinski definition) is 0. The summed E-state index contributed by atoms with van der Waals surface area (Å²) in [5.41, 5.74) is 3.09. The topological polar surface area (TPSA) is 0 Å². The number of fused-ring (bicyclic) bond motifs is 2. The summed E-state index contributed by atoms with van der Waals surface area (Å²) in [6, 6.07) is 20.3. The van der Waals surface area contributed by atoms with E-state index in [0.29, 0.717) is 8.67 Å². The highest BCUT2D eigenvalue weighted by molar-refractivity contribution is 14.1. The van der Waals surface area contributed by atoms with Gasteiger partial charge in [-0.1, -0.05) is 84.0 Å². The zero-order valence-corrected chi connectivity index (χ0v) is 14.9. The van der Waals surface area contributed by atoms with E-state index in [1.807, 2.05) is 0 Å². The number of thioether (sulfide) groups is 1. The van der Waals surface area contributed by atoms with Crippen molar-refractivity contribution in [1.29, 1.82) is 0 Å². The zero-order valence-electron chi connectivity index (χ0n) is 12.0. The Bertz CT molecular complexity index is 639. The van der Waals surface area contributed by atoms with E-state index in [0.717, 1.165) is 5.92 Å². The molecule has 21 heavy (non-hydrogen) atoms. The van der Waals surface area contributed by atoms with E-state index in [2.05, 4.69) is 89.0 Å². The molecule has 1 aliphatic carbocycles. The Hall–Kier alpha value is -0.480. The molecular weight excluding hydrogens is 387 g/mol. The molecule has 0 bridgehead atoms. The smallest absolute Gasteiger partial charge is 0.0496 e. The van der Waals surface area contributed by atoms with Crippen LogP contribution in [0.25, 0.3) is 0 Å². The Morgan fingerprint density at radius 2 is 1.71 bits per heavy atom. The van der Waals surface area contributed by atoms with Crippen molar-refractivity contribution in [2.24, 2.45) is 5.92 Å². The third kappa shape index (κ3) is 2.26. The predicted molar refractivity (Wildman–Crippen MR) is 99.1 cm³/mol. The molecule has 1 saturated carbocycles. The fourth-order valence-corrected chi connectivity index (χ4v) is 7.76. The molecule has 2 aromatic rings. The van der Waals surface area contributed by atoms with Crippen LogP contribution in [0.2, 0.25) is 0 Å². The van der Waals surface area contributed by atoms with E-state index < -0.39 is 0 Å². The van der Waals surface area contributed by atoms with Crippen LogP contribution in [0.4, 0.5) is 0 Å². The lowest BCUT2D eigenvalue weighted by atomic mass is 9.71. The van der Waals surface area contributed by atoms with E-state index in [9.17, 15) is 0 Å². The number of halogens is 1. The maximum absolute atomic E-state index is 2.71. The second-order valence-electron chi connectivity index (χ2n) is 6.15. The molecule has 108 valence electrons. The van der Waals surface area contributed by atoms with Gasteiger partial charge in [0.25, 0.3) is 0 Å². The summed E-state index contributed by atoms with van der Waals surface area (Å²) in [5, 5.41) is 0. The van der Waals surface area contributed by atoms with E-state index in [-0.39, 0.29) is 0 Å². The normalized spacial score (nSPS) is 31.3. The SMILES string of the molecule is IC1c2ccccc2SC2(c3ccccc3)CCCCC12. The maximum atomic E-state index is 2.71. The van der Waals surface area contributed by atoms with Gasteiger partial charge in [0, 0.05) is 13.6 Å². The van der Waals surface area contributed by atoms with Crippen LogP contribution in [0.1, 0.15) is 40.7 Å². The van der Waals surface area contributed by atoms with Gasteiger partial charge in [-0.2, -0.15) is 0 Å². The maximum Gasteiger partial charge on any atom is 0.0496 e. The van der Waals surface area contributed by atoms with Crippen LogP contribution in [0, 0.1) is 5.92 Å². The molecule has 1 heterocycles. The molecular formula is C19H19IS. The molecule has 0 N–H and O–H groups in total. The molecule has 0 spiro atoms. The second-order valence-corrected chi connectivity index (χ2v) is 8.86. The lowest BCUT2D eigenvalue weighted by Gasteiger charge is -2.50. The van der Waals surface area contributed by atoms with Gasteiger partial charge in [0.05, 0.1) is 0 Å². The first-order chi connectivity index (χ1) is 10.3. The quantitative estimate of drug-likeness (QED) is 0.393. The molecule has 0 radical (unpaired) electrons. The molecule has 0 nitrogen and oxygen atoms in total. The van der Waals surface area contributed by atoms with Crippen LogP contribution in [0.15, 0.2) is 59.5 Å². The van der Waals surface area contributed by atoms with E-state index >= 15 is 0 Å². The van der Waals surface area contributed by atoms with Gasteiger partial charge in [0.15, 0.2) is 0 Å². The third-order valence-corrected chi connectivity index (χ3v) is 8.27. The number of hydrogen-bond acceptors (Lipinski definition) is 1. The van der Waals surface area contributed by atoms with Crippen molar-refractivity contribution in [3.05, 3.63) is 65.7 Å². The van der Waals surface area contributed by atoms with Gasteiger partial charge in [0.1, 0.15) is 0 Å². The predicted octanol–water partition coefficient (Wildman–Crippen LogP) is 6.35. The minimum Gasteiger partial charge on any atom is -0.114 e. The number of rotatable bonds is 1. The molecule has 4 rings (SSSR count). The summed E-state index contributed by atoms with van der Waals surface area (Å²) < 4.78 is 0.931. The summed E-state index contributed by atoms with van der Waals surface area (Å²) >= 11 is 4.85. The second kappa shape index (κ2) is 5.62. The Labute approximate surface area is 144 Å². The highest BCUT2D eigenvalue weighted by Crippen LogP contribution is 2.64. The summed E-state index contributed by atoms with van der Waals surface area (Å²) in [6.45, 7) is 0. The van der Waals surface area contributed by atoms with Crippen molar-refractivity contribution in [3.63, 3.8) is 0 Å². The zero-order chi connectivity index (χ0) is 14.3. The Morgan fingerprint density at radius 1 is 0.952 bits per heavy atom. The Kier molecular flexibility index (Phi) is 3.78. The fourth-order valence-electron chi connectivity index (χ4n) is 4.03. The lowest BCUT2D eigenvalue weighted by molar-refractivity contribution is 0.269. The largest absolute Gasteiger partial charge is 0.114 e. The first kappa shape index (κ1) is 14.1. The van der Waals surface area contributed by atoms with Crippen molar-refractivity contribution >= 4 is 34.4 Å². The molecule has 2 aliphatic rings. The van der Waals surface area contributed by atoms with Gasteiger partial charge >= 0.3 is 0 Å². The van der Waals surface area contributed by atoms with E-state index in [1.54, 1.807) is 5.56 Å². The van der Waals surface area contributed by atoms with Crippen LogP contribution >= 0.6 is 34.4 Å². The molecule has 2 aromatic carbocycles. The molecule has 1 fully saturated rings. The molecule has 0 amide bonds. The van der Waals surface area contributed by atoms with Gasteiger partial charge in [-0.3, -0.25) is 0 Å². The molecule has 0 aromatic heterocycles. The summed E-state index contributed by atoms with van der Waals surface area (Å²) in [6.07, 6.45) is 5.44. The van der Waals surface area contributed by atoms with Gasteiger partial charge in [-0.15, -0.1) is 11.8 Å². The average molecular weight is 406 g/mol. The first-order valence-corrected chi connectivity index (χ1v) is 9.85. The van der Waals surface area contributed by atoms with Crippen molar-refractivity contribution < 1.29 is 0 Å². The van der Waals surface area contributed by atoms with Crippen molar-refractivity contribution in [2.75, 3.05) is 0 Å². The Balaban J connectivity index is 1.88. The minimum atomic E-state index is 0.291. The van der Waals surface area contributed by atoms with Crippen LogP contribution in [0.5, 0.6) is 0 Å². The fraction of sp³-hybridized carbons (Fsp3) is 0.368. The number of alkyl halides is 1. The Morgan fingerprint density at radius 3 is 2.57 bits per heavy atom. The third-order valence-electron chi connectivity index (χ3n) is 5.04. The van der Waals surface area contributed by atoms with Crippen molar-refractivity contribution in [1.82, 2.24) is 0 Å². The molecule has 0 saturated heterocycles. The molecule has 1 aliphatic heterocycles. The van der Waals surface area contributed by atoms with Crippen LogP contribution in [0.3, 0.4) is 0 Å². The summed E-state index contributed by atoms with van der Waals surface area (Å²) in [4.78, 5) is 1.50. The van der Waals surface area contributed by atoms with Crippen molar-refractivity contribution in [3.8, 4) is 0 Å². The standard InChI is InChI=1S/C19H19IS/c20-18-15-10-4-5-12-17(15)21-19(13-7-6-11-16(18)19)14-8-2-1-3-9-14/h1-5,8-10,12,16,18H,6-7,11,13H2. The molecule has 2 heteroatoms. The van der Waals surface area contributed by atoms with Gasteiger partial charge in [0.2, 0.25) is 0 Å². The summed E-state index contributed by atoms with van der Waals surface area (Å²) in [7, 11) is 0. The van der Waals surface area contributed by atoms with Crippen LogP contribution in [-0.4, -0.2) is 0 Å². The van der Waals surface area contributed by atoms with E-state index in [4.69, 9.17) is 0 Å². The summed E-state index contributed by atoms with van der Waals surface area (Å²) in [5.74, 6) is 0.758. The van der Waals surface area contributed by atoms with Crippen LogP contribution < -0.4 is 0 Å². The number of benzene rings is 2. The molecule has 3 unspecified atom stereocenters. The van der Waals surface area contributed by atoms with Crippen LogP contribution in [-0.2, 0) is 4.75 Å². The van der Waals surface area contributed by atoms with Crippen molar-refractivity contribution in [2.45, 2.75) is 39.3 Å². The van der Waals surface area contributed by atoms with Gasteiger partial charge < -0.3 is 0 Å².